The number of nitrogens with zero attached hydrogens (tertiary/aromatic N) is 1. The number of benzene rings is 3. The second kappa shape index (κ2) is 9.38. The average molecular weight is 396 g/mol. The highest BCUT2D eigenvalue weighted by atomic mass is 35.5. The van der Waals surface area contributed by atoms with E-state index in [9.17, 15) is 4.39 Å². The molecule has 28 heavy (non-hydrogen) atoms. The molecule has 0 aliphatic carbocycles. The Bertz CT molecular complexity index is 866. The Labute approximate surface area is 171 Å². The van der Waals surface area contributed by atoms with E-state index in [-0.39, 0.29) is 30.3 Å². The van der Waals surface area contributed by atoms with Crippen LogP contribution in [0.15, 0.2) is 89.9 Å². The summed E-state index contributed by atoms with van der Waals surface area (Å²) in [5, 5.41) is 7.00. The lowest BCUT2D eigenvalue weighted by Gasteiger charge is -2.19. The Morgan fingerprint density at radius 2 is 1.21 bits per heavy atom. The summed E-state index contributed by atoms with van der Waals surface area (Å²) in [7, 11) is 0. The molecule has 3 aromatic rings. The predicted molar refractivity (Wildman–Crippen MR) is 114 cm³/mol. The van der Waals surface area contributed by atoms with Gasteiger partial charge < -0.3 is 10.6 Å². The summed E-state index contributed by atoms with van der Waals surface area (Å²) in [6, 6.07) is 27.8. The molecule has 144 valence electrons. The molecular formula is C23H23ClFN3. The van der Waals surface area contributed by atoms with Crippen molar-refractivity contribution in [2.45, 2.75) is 18.5 Å². The van der Waals surface area contributed by atoms with Crippen molar-refractivity contribution < 1.29 is 4.39 Å². The largest absolute Gasteiger partial charge is 0.347 e. The molecule has 0 radical (unpaired) electrons. The normalized spacial score (nSPS) is 19.5. The van der Waals surface area contributed by atoms with Crippen molar-refractivity contribution in [1.29, 1.82) is 0 Å². The van der Waals surface area contributed by atoms with E-state index in [1.165, 1.54) is 17.2 Å². The first-order valence-corrected chi connectivity index (χ1v) is 9.22. The van der Waals surface area contributed by atoms with Crippen molar-refractivity contribution in [3.8, 4) is 0 Å². The summed E-state index contributed by atoms with van der Waals surface area (Å²) < 4.78 is 13.8. The third-order valence-electron chi connectivity index (χ3n) is 4.84. The highest BCUT2D eigenvalue weighted by Gasteiger charge is 2.32. The summed E-state index contributed by atoms with van der Waals surface area (Å²) in [4.78, 5) is 4.64. The Hall–Kier alpha value is -2.85. The number of aliphatic imine (C=N–C) groups is 1. The van der Waals surface area contributed by atoms with Crippen LogP contribution in [0.1, 0.15) is 28.8 Å². The van der Waals surface area contributed by atoms with Crippen molar-refractivity contribution in [3.63, 3.8) is 0 Å². The van der Waals surface area contributed by atoms with Gasteiger partial charge in [-0.1, -0.05) is 78.9 Å². The molecule has 1 saturated heterocycles. The zero-order valence-electron chi connectivity index (χ0n) is 15.4. The summed E-state index contributed by atoms with van der Waals surface area (Å²) in [5.41, 5.74) is 3.11. The Kier molecular flexibility index (Phi) is 6.66. The topological polar surface area (TPSA) is 36.4 Å². The maximum absolute atomic E-state index is 13.8. The molecule has 1 fully saturated rings. The van der Waals surface area contributed by atoms with Crippen LogP contribution in [0, 0.1) is 5.82 Å². The van der Waals surface area contributed by atoms with Gasteiger partial charge in [0.1, 0.15) is 5.82 Å². The fourth-order valence-corrected chi connectivity index (χ4v) is 3.46. The van der Waals surface area contributed by atoms with Crippen LogP contribution in [0.3, 0.4) is 0 Å². The number of hydrogen-bond donors (Lipinski definition) is 2. The lowest BCUT2D eigenvalue weighted by molar-refractivity contribution is 0.554. The van der Waals surface area contributed by atoms with E-state index in [4.69, 9.17) is 0 Å². The Balaban J connectivity index is 0.00000225. The van der Waals surface area contributed by atoms with Gasteiger partial charge >= 0.3 is 0 Å². The number of hydrogen-bond acceptors (Lipinski definition) is 1. The van der Waals surface area contributed by atoms with Gasteiger partial charge in [0.25, 0.3) is 0 Å². The van der Waals surface area contributed by atoms with Crippen molar-refractivity contribution in [1.82, 2.24) is 10.6 Å². The minimum Gasteiger partial charge on any atom is -0.347 e. The molecule has 0 saturated carbocycles. The van der Waals surface area contributed by atoms with Crippen molar-refractivity contribution in [3.05, 3.63) is 107 Å². The molecule has 1 heterocycles. The number of halogens is 2. The van der Waals surface area contributed by atoms with E-state index in [0.29, 0.717) is 18.5 Å². The molecule has 1 aliphatic heterocycles. The van der Waals surface area contributed by atoms with Gasteiger partial charge in [0.15, 0.2) is 5.96 Å². The van der Waals surface area contributed by atoms with E-state index in [1.54, 1.807) is 6.07 Å². The molecule has 2 atom stereocenters. The van der Waals surface area contributed by atoms with Gasteiger partial charge in [-0.05, 0) is 29.2 Å². The van der Waals surface area contributed by atoms with E-state index in [0.717, 1.165) is 5.96 Å². The highest BCUT2D eigenvalue weighted by Crippen LogP contribution is 2.32. The maximum atomic E-state index is 13.8. The summed E-state index contributed by atoms with van der Waals surface area (Å²) in [5.74, 6) is 0.586. The van der Waals surface area contributed by atoms with Crippen LogP contribution in [-0.4, -0.2) is 12.5 Å². The third kappa shape index (κ3) is 4.52. The van der Waals surface area contributed by atoms with Crippen molar-refractivity contribution in [2.75, 3.05) is 6.54 Å². The average Bonchev–Trinajstić information content (AvgIpc) is 3.15. The molecule has 4 rings (SSSR count). The molecule has 3 nitrogen and oxygen atoms in total. The highest BCUT2D eigenvalue weighted by molar-refractivity contribution is 5.85. The molecule has 0 aromatic heterocycles. The first-order chi connectivity index (χ1) is 13.3. The Morgan fingerprint density at radius 3 is 1.75 bits per heavy atom. The first-order valence-electron chi connectivity index (χ1n) is 9.22. The van der Waals surface area contributed by atoms with Crippen molar-refractivity contribution >= 4 is 18.4 Å². The van der Waals surface area contributed by atoms with Crippen LogP contribution in [-0.2, 0) is 6.42 Å². The van der Waals surface area contributed by atoms with Crippen LogP contribution in [0.5, 0.6) is 0 Å². The standard InChI is InChI=1S/C23H22FN3.ClH/c24-20-14-8-7-9-17(20)15-16-25-23-26-21(18-10-3-1-4-11-18)22(27-23)19-12-5-2-6-13-19;/h1-14,21-22H,15-16H2,(H2,25,26,27);1H/t21-,22+;. The van der Waals surface area contributed by atoms with Gasteiger partial charge in [0.2, 0.25) is 0 Å². The quantitative estimate of drug-likeness (QED) is 0.649. The molecule has 1 aliphatic rings. The molecule has 0 bridgehead atoms. The van der Waals surface area contributed by atoms with Gasteiger partial charge in [0.05, 0.1) is 12.1 Å². The first kappa shape index (κ1) is 19.9. The van der Waals surface area contributed by atoms with Crippen molar-refractivity contribution in [2.24, 2.45) is 4.99 Å². The molecule has 0 unspecified atom stereocenters. The molecule has 0 spiro atoms. The van der Waals surface area contributed by atoms with Crippen LogP contribution < -0.4 is 10.6 Å². The Morgan fingerprint density at radius 1 is 0.714 bits per heavy atom. The smallest absolute Gasteiger partial charge is 0.192 e. The van der Waals surface area contributed by atoms with E-state index in [1.807, 2.05) is 48.5 Å². The summed E-state index contributed by atoms with van der Waals surface area (Å²) in [6.07, 6.45) is 0.575. The number of guanidine groups is 1. The van der Waals surface area contributed by atoms with Crippen LogP contribution in [0.4, 0.5) is 4.39 Å². The minimum atomic E-state index is -0.172. The van der Waals surface area contributed by atoms with Gasteiger partial charge in [0, 0.05) is 6.54 Å². The second-order valence-corrected chi connectivity index (χ2v) is 6.64. The number of rotatable bonds is 5. The fourth-order valence-electron chi connectivity index (χ4n) is 3.46. The monoisotopic (exact) mass is 395 g/mol. The van der Waals surface area contributed by atoms with E-state index >= 15 is 0 Å². The van der Waals surface area contributed by atoms with Gasteiger partial charge in [-0.25, -0.2) is 4.39 Å². The van der Waals surface area contributed by atoms with Crippen LogP contribution in [0.25, 0.3) is 0 Å². The maximum Gasteiger partial charge on any atom is 0.192 e. The fraction of sp³-hybridized carbons (Fsp3) is 0.174. The molecule has 2 N–H and O–H groups in total. The van der Waals surface area contributed by atoms with Crippen LogP contribution in [0.2, 0.25) is 0 Å². The second-order valence-electron chi connectivity index (χ2n) is 6.64. The third-order valence-corrected chi connectivity index (χ3v) is 4.84. The molecular weight excluding hydrogens is 373 g/mol. The van der Waals surface area contributed by atoms with E-state index in [2.05, 4.69) is 39.9 Å². The molecule has 3 aromatic carbocycles. The predicted octanol–water partition coefficient (Wildman–Crippen LogP) is 4.82. The molecule has 5 heteroatoms. The lowest BCUT2D eigenvalue weighted by atomic mass is 9.95. The van der Waals surface area contributed by atoms with Gasteiger partial charge in [-0.3, -0.25) is 4.99 Å². The number of nitrogens with one attached hydrogen (secondary N) is 2. The van der Waals surface area contributed by atoms with Gasteiger partial charge in [-0.15, -0.1) is 12.4 Å². The minimum absolute atomic E-state index is 0. The SMILES string of the molecule is Cl.Fc1ccccc1CCN=C1N[C@H](c2ccccc2)[C@H](c2ccccc2)N1. The summed E-state index contributed by atoms with van der Waals surface area (Å²) in [6.45, 7) is 0.527. The van der Waals surface area contributed by atoms with Gasteiger partial charge in [-0.2, -0.15) is 0 Å². The van der Waals surface area contributed by atoms with E-state index < -0.39 is 0 Å². The zero-order valence-corrected chi connectivity index (χ0v) is 16.2. The molecule has 0 amide bonds. The van der Waals surface area contributed by atoms with Crippen LogP contribution >= 0.6 is 12.4 Å². The summed E-state index contributed by atoms with van der Waals surface area (Å²) >= 11 is 0. The lowest BCUT2D eigenvalue weighted by Crippen LogP contribution is -2.25. The zero-order chi connectivity index (χ0) is 18.5.